The Labute approximate surface area is 141 Å². The third kappa shape index (κ3) is 2.63. The smallest absolute Gasteiger partial charge is 0.330 e. The van der Waals surface area contributed by atoms with E-state index in [-0.39, 0.29) is 24.1 Å². The highest BCUT2D eigenvalue weighted by atomic mass is 16.5. The van der Waals surface area contributed by atoms with Gasteiger partial charge in [0.1, 0.15) is 5.78 Å². The van der Waals surface area contributed by atoms with Crippen molar-refractivity contribution in [3.05, 3.63) is 24.3 Å². The van der Waals surface area contributed by atoms with E-state index in [4.69, 9.17) is 14.2 Å². The molecule has 0 N–H and O–H groups in total. The molecule has 0 saturated heterocycles. The van der Waals surface area contributed by atoms with Crippen LogP contribution in [0.2, 0.25) is 0 Å². The van der Waals surface area contributed by atoms with Gasteiger partial charge in [-0.2, -0.15) is 0 Å². The molecular weight excluding hydrogens is 312 g/mol. The molecule has 3 aliphatic rings. The van der Waals surface area contributed by atoms with Crippen LogP contribution in [0, 0.1) is 11.8 Å². The van der Waals surface area contributed by atoms with E-state index in [1.165, 1.54) is 26.4 Å². The molecule has 0 radical (unpaired) electrons. The van der Waals surface area contributed by atoms with Crippen molar-refractivity contribution >= 4 is 17.5 Å². The third-order valence-corrected chi connectivity index (χ3v) is 5.01. The molecule has 6 heteroatoms. The summed E-state index contributed by atoms with van der Waals surface area (Å²) in [6, 6.07) is 0. The van der Waals surface area contributed by atoms with Crippen molar-refractivity contribution < 1.29 is 28.6 Å². The largest absolute Gasteiger partial charge is 0.463 e. The number of methoxy groups -OCH3 is 2. The van der Waals surface area contributed by atoms with Crippen LogP contribution in [0.5, 0.6) is 0 Å². The van der Waals surface area contributed by atoms with Gasteiger partial charge in [0.25, 0.3) is 0 Å². The molecule has 3 aliphatic carbocycles. The van der Waals surface area contributed by atoms with Crippen molar-refractivity contribution in [2.75, 3.05) is 20.8 Å². The third-order valence-electron chi connectivity index (χ3n) is 5.01. The molecule has 4 atom stereocenters. The zero-order valence-electron chi connectivity index (χ0n) is 14.5. The van der Waals surface area contributed by atoms with E-state index in [0.29, 0.717) is 12.8 Å². The second-order valence-corrected chi connectivity index (χ2v) is 5.98. The van der Waals surface area contributed by atoms with Gasteiger partial charge < -0.3 is 14.2 Å². The second-order valence-electron chi connectivity index (χ2n) is 5.98. The van der Waals surface area contributed by atoms with Crippen molar-refractivity contribution in [2.45, 2.75) is 37.9 Å². The van der Waals surface area contributed by atoms with E-state index in [0.717, 1.165) is 0 Å². The molecular formula is C18H24O6. The van der Waals surface area contributed by atoms with Gasteiger partial charge in [-0.05, 0) is 25.5 Å². The van der Waals surface area contributed by atoms with Gasteiger partial charge in [0, 0.05) is 32.6 Å². The van der Waals surface area contributed by atoms with Crippen molar-refractivity contribution in [3.63, 3.8) is 0 Å². The molecule has 1 fully saturated rings. The standard InChI is InChI=1S/C18H24O6/c1-5-14(19)13-11-12-7-9-18(13,23-4)16(21)17(12,22-3)10-8-15(20)24-6-2/h7-10,12-13H,5-6,11H2,1-4H3/b10-8+/t12-,13-,17+,18-/m1/s1. The first-order valence-electron chi connectivity index (χ1n) is 8.15. The molecule has 3 rings (SSSR count). The molecule has 24 heavy (non-hydrogen) atoms. The number of fused-ring (bicyclic) bond motifs is 2. The number of rotatable bonds is 7. The minimum atomic E-state index is -1.35. The maximum atomic E-state index is 13.2. The molecule has 6 nitrogen and oxygen atoms in total. The van der Waals surface area contributed by atoms with Crippen molar-refractivity contribution in [1.29, 1.82) is 0 Å². The van der Waals surface area contributed by atoms with Crippen LogP contribution in [0.3, 0.4) is 0 Å². The highest BCUT2D eigenvalue weighted by Crippen LogP contribution is 2.50. The van der Waals surface area contributed by atoms with Gasteiger partial charge in [0.2, 0.25) is 5.78 Å². The second kappa shape index (κ2) is 6.99. The summed E-state index contributed by atoms with van der Waals surface area (Å²) in [7, 11) is 2.83. The lowest BCUT2D eigenvalue weighted by Gasteiger charge is -2.53. The molecule has 0 spiro atoms. The number of ketones is 2. The molecule has 2 bridgehead atoms. The first kappa shape index (κ1) is 18.5. The number of hydrogen-bond donors (Lipinski definition) is 0. The Kier molecular flexibility index (Phi) is 5.40. The SMILES string of the molecule is CCOC(=O)/C=C/[C@@]1(OC)C(=O)[C@@]2(OC)C=C[C@@H]1C[C@@H]2C(=O)CC. The summed E-state index contributed by atoms with van der Waals surface area (Å²) < 4.78 is 16.0. The summed E-state index contributed by atoms with van der Waals surface area (Å²) in [4.78, 5) is 37.2. The van der Waals surface area contributed by atoms with E-state index in [2.05, 4.69) is 0 Å². The summed E-state index contributed by atoms with van der Waals surface area (Å²) >= 11 is 0. The summed E-state index contributed by atoms with van der Waals surface area (Å²) in [5.74, 6) is -1.78. The van der Waals surface area contributed by atoms with Crippen LogP contribution in [0.4, 0.5) is 0 Å². The van der Waals surface area contributed by atoms with Crippen LogP contribution in [-0.2, 0) is 28.6 Å². The van der Waals surface area contributed by atoms with E-state index >= 15 is 0 Å². The van der Waals surface area contributed by atoms with Gasteiger partial charge in [-0.25, -0.2) is 4.79 Å². The summed E-state index contributed by atoms with van der Waals surface area (Å²) in [5.41, 5.74) is -2.68. The lowest BCUT2D eigenvalue weighted by Crippen LogP contribution is -2.68. The number of carbonyl (C=O) groups excluding carboxylic acids is 3. The summed E-state index contributed by atoms with van der Waals surface area (Å²) in [6.45, 7) is 3.72. The van der Waals surface area contributed by atoms with Gasteiger partial charge in [0.05, 0.1) is 12.5 Å². The predicted molar refractivity (Wildman–Crippen MR) is 86.3 cm³/mol. The summed E-state index contributed by atoms with van der Waals surface area (Å²) in [6.07, 6.45) is 6.91. The Morgan fingerprint density at radius 3 is 2.54 bits per heavy atom. The highest BCUT2D eigenvalue weighted by Gasteiger charge is 2.64. The lowest BCUT2D eigenvalue weighted by atomic mass is 9.56. The Morgan fingerprint density at radius 2 is 2.00 bits per heavy atom. The van der Waals surface area contributed by atoms with Crippen molar-refractivity contribution in [1.82, 2.24) is 0 Å². The molecule has 0 heterocycles. The normalized spacial score (nSPS) is 34.8. The number of Topliss-reactive ketones (excluding diaryl/α,β-unsaturated/α-hetero) is 2. The predicted octanol–water partition coefficient (Wildman–Crippen LogP) is 1.63. The van der Waals surface area contributed by atoms with E-state index in [1.807, 2.05) is 6.08 Å². The van der Waals surface area contributed by atoms with Crippen LogP contribution in [0.25, 0.3) is 0 Å². The van der Waals surface area contributed by atoms with E-state index in [9.17, 15) is 14.4 Å². The monoisotopic (exact) mass is 336 g/mol. The Morgan fingerprint density at radius 1 is 1.29 bits per heavy atom. The van der Waals surface area contributed by atoms with Gasteiger partial charge in [0.15, 0.2) is 11.2 Å². The Balaban J connectivity index is 2.45. The number of esters is 1. The van der Waals surface area contributed by atoms with Crippen LogP contribution in [0.15, 0.2) is 24.3 Å². The molecule has 132 valence electrons. The summed E-state index contributed by atoms with van der Waals surface area (Å²) in [5, 5.41) is 0. The van der Waals surface area contributed by atoms with Gasteiger partial charge >= 0.3 is 5.97 Å². The van der Waals surface area contributed by atoms with E-state index < -0.39 is 23.1 Å². The zero-order chi connectivity index (χ0) is 18.0. The van der Waals surface area contributed by atoms with Gasteiger partial charge in [-0.3, -0.25) is 9.59 Å². The van der Waals surface area contributed by atoms with Gasteiger partial charge in [-0.1, -0.05) is 13.0 Å². The maximum absolute atomic E-state index is 13.2. The van der Waals surface area contributed by atoms with Gasteiger partial charge in [-0.15, -0.1) is 0 Å². The quantitative estimate of drug-likeness (QED) is 0.399. The average molecular weight is 336 g/mol. The maximum Gasteiger partial charge on any atom is 0.330 e. The number of carbonyl (C=O) groups is 3. The molecule has 0 aliphatic heterocycles. The highest BCUT2D eigenvalue weighted by molar-refractivity contribution is 6.06. The number of hydrogen-bond acceptors (Lipinski definition) is 6. The fraction of sp³-hybridized carbons (Fsp3) is 0.611. The lowest BCUT2D eigenvalue weighted by molar-refractivity contribution is -0.180. The first-order chi connectivity index (χ1) is 11.4. The molecule has 0 amide bonds. The Bertz CT molecular complexity index is 592. The molecule has 1 saturated carbocycles. The first-order valence-corrected chi connectivity index (χ1v) is 8.15. The Hall–Kier alpha value is -1.79. The topological polar surface area (TPSA) is 78.9 Å². The fourth-order valence-corrected chi connectivity index (χ4v) is 3.72. The number of ether oxygens (including phenoxy) is 3. The molecule has 0 aromatic carbocycles. The fourth-order valence-electron chi connectivity index (χ4n) is 3.72. The van der Waals surface area contributed by atoms with Crippen molar-refractivity contribution in [2.24, 2.45) is 11.8 Å². The minimum Gasteiger partial charge on any atom is -0.463 e. The van der Waals surface area contributed by atoms with Crippen LogP contribution in [0.1, 0.15) is 26.7 Å². The zero-order valence-corrected chi connectivity index (χ0v) is 14.5. The van der Waals surface area contributed by atoms with Crippen molar-refractivity contribution in [3.8, 4) is 0 Å². The average Bonchev–Trinajstić information content (AvgIpc) is 2.61. The van der Waals surface area contributed by atoms with Crippen LogP contribution >= 0.6 is 0 Å². The molecule has 0 aromatic rings. The van der Waals surface area contributed by atoms with Crippen LogP contribution in [-0.4, -0.2) is 49.6 Å². The molecule has 0 unspecified atom stereocenters. The minimum absolute atomic E-state index is 0.0152. The van der Waals surface area contributed by atoms with E-state index in [1.54, 1.807) is 19.9 Å². The molecule has 0 aromatic heterocycles. The van der Waals surface area contributed by atoms with Crippen LogP contribution < -0.4 is 0 Å².